The molecule has 1 aliphatic heterocycles. The van der Waals surface area contributed by atoms with Crippen molar-refractivity contribution >= 4 is 28.3 Å². The Morgan fingerprint density at radius 2 is 2.24 bits per heavy atom. The molecule has 0 N–H and O–H groups in total. The standard InChI is InChI=1S/C19H22N4OS/c1-4-16-15-6-8-25-17(15)5-7-22(16)19(24)14-9-13-11-21-23(12(2)3)18(13)20-10-14/h6,8-12,16H,4-5,7H2,1-3H3. The van der Waals surface area contributed by atoms with E-state index in [4.69, 9.17) is 0 Å². The number of pyridine rings is 1. The molecule has 4 rings (SSSR count). The molecular formula is C19H22N4OS. The summed E-state index contributed by atoms with van der Waals surface area (Å²) in [7, 11) is 0. The minimum absolute atomic E-state index is 0.0652. The Balaban J connectivity index is 1.68. The second kappa shape index (κ2) is 6.26. The van der Waals surface area contributed by atoms with Gasteiger partial charge < -0.3 is 4.90 Å². The first-order valence-electron chi connectivity index (χ1n) is 8.80. The molecule has 25 heavy (non-hydrogen) atoms. The van der Waals surface area contributed by atoms with Crippen molar-refractivity contribution in [3.05, 3.63) is 45.9 Å². The molecule has 0 radical (unpaired) electrons. The molecule has 1 amide bonds. The fraction of sp³-hybridized carbons (Fsp3) is 0.421. The molecule has 1 atom stereocenters. The van der Waals surface area contributed by atoms with Crippen molar-refractivity contribution < 1.29 is 4.79 Å². The van der Waals surface area contributed by atoms with Crippen LogP contribution in [-0.4, -0.2) is 32.1 Å². The maximum Gasteiger partial charge on any atom is 0.255 e. The van der Waals surface area contributed by atoms with Crippen LogP contribution in [0.2, 0.25) is 0 Å². The highest BCUT2D eigenvalue weighted by Gasteiger charge is 2.31. The summed E-state index contributed by atoms with van der Waals surface area (Å²) in [5.74, 6) is 0.0652. The van der Waals surface area contributed by atoms with E-state index in [9.17, 15) is 4.79 Å². The number of amides is 1. The zero-order chi connectivity index (χ0) is 17.6. The van der Waals surface area contributed by atoms with Crippen molar-refractivity contribution in [1.82, 2.24) is 19.7 Å². The highest BCUT2D eigenvalue weighted by atomic mass is 32.1. The Kier molecular flexibility index (Phi) is 4.07. The quantitative estimate of drug-likeness (QED) is 0.707. The summed E-state index contributed by atoms with van der Waals surface area (Å²) in [5.41, 5.74) is 2.79. The van der Waals surface area contributed by atoms with Gasteiger partial charge in [0, 0.05) is 29.0 Å². The second-order valence-corrected chi connectivity index (χ2v) is 7.79. The van der Waals surface area contributed by atoms with E-state index in [-0.39, 0.29) is 18.0 Å². The summed E-state index contributed by atoms with van der Waals surface area (Å²) in [5, 5.41) is 7.44. The Morgan fingerprint density at radius 3 is 3.00 bits per heavy atom. The van der Waals surface area contributed by atoms with Crippen molar-refractivity contribution in [2.75, 3.05) is 6.54 Å². The van der Waals surface area contributed by atoms with Gasteiger partial charge in [-0.25, -0.2) is 9.67 Å². The fourth-order valence-electron chi connectivity index (χ4n) is 3.68. The number of rotatable bonds is 3. The molecule has 0 spiro atoms. The van der Waals surface area contributed by atoms with Crippen LogP contribution in [0, 0.1) is 0 Å². The first-order valence-corrected chi connectivity index (χ1v) is 9.68. The van der Waals surface area contributed by atoms with Gasteiger partial charge in [0.2, 0.25) is 0 Å². The Morgan fingerprint density at radius 1 is 1.40 bits per heavy atom. The number of hydrogen-bond acceptors (Lipinski definition) is 4. The highest BCUT2D eigenvalue weighted by molar-refractivity contribution is 7.10. The van der Waals surface area contributed by atoms with Crippen LogP contribution in [0.5, 0.6) is 0 Å². The second-order valence-electron chi connectivity index (χ2n) is 6.79. The molecule has 5 nitrogen and oxygen atoms in total. The third kappa shape index (κ3) is 2.65. The van der Waals surface area contributed by atoms with Gasteiger partial charge >= 0.3 is 0 Å². The van der Waals surface area contributed by atoms with Crippen LogP contribution in [0.4, 0.5) is 0 Å². The number of fused-ring (bicyclic) bond motifs is 2. The van der Waals surface area contributed by atoms with Crippen LogP contribution < -0.4 is 0 Å². The van der Waals surface area contributed by atoms with Gasteiger partial charge in [0.25, 0.3) is 5.91 Å². The minimum atomic E-state index is 0.0652. The molecular weight excluding hydrogens is 332 g/mol. The zero-order valence-electron chi connectivity index (χ0n) is 14.8. The fourth-order valence-corrected chi connectivity index (χ4v) is 4.61. The lowest BCUT2D eigenvalue weighted by molar-refractivity contribution is 0.0657. The van der Waals surface area contributed by atoms with E-state index >= 15 is 0 Å². The predicted molar refractivity (Wildman–Crippen MR) is 100 cm³/mol. The molecule has 6 heteroatoms. The van der Waals surface area contributed by atoms with E-state index in [0.717, 1.165) is 30.4 Å². The molecule has 0 saturated carbocycles. The SMILES string of the molecule is CCC1c2ccsc2CCN1C(=O)c1cnc2c(cnn2C(C)C)c1. The van der Waals surface area contributed by atoms with E-state index in [1.807, 2.05) is 15.6 Å². The van der Waals surface area contributed by atoms with Crippen LogP contribution >= 0.6 is 11.3 Å². The van der Waals surface area contributed by atoms with E-state index in [1.165, 1.54) is 10.4 Å². The van der Waals surface area contributed by atoms with E-state index in [1.54, 1.807) is 23.7 Å². The van der Waals surface area contributed by atoms with Gasteiger partial charge in [0.1, 0.15) is 0 Å². The van der Waals surface area contributed by atoms with Crippen molar-refractivity contribution in [3.63, 3.8) is 0 Å². The lowest BCUT2D eigenvalue weighted by Gasteiger charge is -2.35. The molecule has 1 unspecified atom stereocenters. The summed E-state index contributed by atoms with van der Waals surface area (Å²) < 4.78 is 1.89. The maximum absolute atomic E-state index is 13.1. The van der Waals surface area contributed by atoms with Crippen molar-refractivity contribution in [2.24, 2.45) is 0 Å². The van der Waals surface area contributed by atoms with Crippen molar-refractivity contribution in [1.29, 1.82) is 0 Å². The normalized spacial score (nSPS) is 17.3. The number of carbonyl (C=O) groups excluding carboxylic acids is 1. The number of nitrogens with zero attached hydrogens (tertiary/aromatic N) is 4. The zero-order valence-corrected chi connectivity index (χ0v) is 15.6. The summed E-state index contributed by atoms with van der Waals surface area (Å²) in [4.78, 5) is 21.1. The monoisotopic (exact) mass is 354 g/mol. The van der Waals surface area contributed by atoms with E-state index < -0.39 is 0 Å². The molecule has 1 aliphatic rings. The topological polar surface area (TPSA) is 51.0 Å². The number of thiophene rings is 1. The number of aromatic nitrogens is 3. The minimum Gasteiger partial charge on any atom is -0.331 e. The smallest absolute Gasteiger partial charge is 0.255 e. The molecule has 0 saturated heterocycles. The van der Waals surface area contributed by atoms with Crippen LogP contribution in [0.3, 0.4) is 0 Å². The van der Waals surface area contributed by atoms with Crippen molar-refractivity contribution in [3.8, 4) is 0 Å². The summed E-state index contributed by atoms with van der Waals surface area (Å²) in [6.07, 6.45) is 5.36. The predicted octanol–water partition coefficient (Wildman–Crippen LogP) is 4.22. The van der Waals surface area contributed by atoms with E-state index in [0.29, 0.717) is 5.56 Å². The first kappa shape index (κ1) is 16.3. The van der Waals surface area contributed by atoms with Crippen LogP contribution in [-0.2, 0) is 6.42 Å². The molecule has 0 fully saturated rings. The van der Waals surface area contributed by atoms with Crippen LogP contribution in [0.1, 0.15) is 60.1 Å². The summed E-state index contributed by atoms with van der Waals surface area (Å²) >= 11 is 1.80. The Bertz CT molecular complexity index is 927. The lowest BCUT2D eigenvalue weighted by atomic mass is 9.97. The number of hydrogen-bond donors (Lipinski definition) is 0. The van der Waals surface area contributed by atoms with Crippen LogP contribution in [0.25, 0.3) is 11.0 Å². The van der Waals surface area contributed by atoms with Gasteiger partial charge in [0.05, 0.1) is 17.8 Å². The molecule has 0 bridgehead atoms. The third-order valence-electron chi connectivity index (χ3n) is 4.91. The lowest BCUT2D eigenvalue weighted by Crippen LogP contribution is -2.39. The molecule has 3 aromatic rings. The summed E-state index contributed by atoms with van der Waals surface area (Å²) in [6, 6.07) is 4.50. The van der Waals surface area contributed by atoms with Crippen LogP contribution in [0.15, 0.2) is 29.9 Å². The molecule has 130 valence electrons. The van der Waals surface area contributed by atoms with Gasteiger partial charge in [-0.05, 0) is 49.8 Å². The largest absolute Gasteiger partial charge is 0.331 e. The highest BCUT2D eigenvalue weighted by Crippen LogP contribution is 2.36. The van der Waals surface area contributed by atoms with Gasteiger partial charge in [-0.1, -0.05) is 6.92 Å². The molecule has 0 aliphatic carbocycles. The molecule has 4 heterocycles. The van der Waals surface area contributed by atoms with Gasteiger partial charge in [0.15, 0.2) is 5.65 Å². The average Bonchev–Trinajstić information content (AvgIpc) is 3.25. The van der Waals surface area contributed by atoms with Gasteiger partial charge in [-0.3, -0.25) is 4.79 Å². The summed E-state index contributed by atoms with van der Waals surface area (Å²) in [6.45, 7) is 7.07. The van der Waals surface area contributed by atoms with Gasteiger partial charge in [-0.15, -0.1) is 11.3 Å². The first-order chi connectivity index (χ1) is 12.1. The third-order valence-corrected chi connectivity index (χ3v) is 5.91. The average molecular weight is 354 g/mol. The Labute approximate surface area is 151 Å². The molecule has 3 aromatic heterocycles. The molecule has 0 aromatic carbocycles. The maximum atomic E-state index is 13.1. The van der Waals surface area contributed by atoms with E-state index in [2.05, 4.69) is 42.3 Å². The van der Waals surface area contributed by atoms with Crippen molar-refractivity contribution in [2.45, 2.75) is 45.7 Å². The van der Waals surface area contributed by atoms with Gasteiger partial charge in [-0.2, -0.15) is 5.10 Å². The Hall–Kier alpha value is -2.21. The number of carbonyl (C=O) groups is 1.